The van der Waals surface area contributed by atoms with E-state index >= 15 is 0 Å². The minimum Gasteiger partial charge on any atom is -0.394 e. The second-order valence-corrected chi connectivity index (χ2v) is 4.68. The standard InChI is InChI=1S/C12H19N5O4/c1-13-11-10(17(19)20)12(15-8-14-11)16-4-2-9(3-5-16)21-7-6-18/h8-9,18H,2-7H2,1H3,(H,13,14,15). The Hall–Kier alpha value is -2.00. The molecule has 1 aliphatic heterocycles. The van der Waals surface area contributed by atoms with E-state index in [1.807, 2.05) is 4.90 Å². The van der Waals surface area contributed by atoms with Crippen molar-refractivity contribution in [1.82, 2.24) is 9.97 Å². The van der Waals surface area contributed by atoms with Crippen LogP contribution in [-0.2, 0) is 4.74 Å². The molecule has 1 fully saturated rings. The van der Waals surface area contributed by atoms with Crippen LogP contribution in [0.1, 0.15) is 12.8 Å². The topological polar surface area (TPSA) is 114 Å². The van der Waals surface area contributed by atoms with E-state index in [4.69, 9.17) is 9.84 Å². The zero-order valence-electron chi connectivity index (χ0n) is 11.9. The van der Waals surface area contributed by atoms with Crippen LogP contribution in [0.15, 0.2) is 6.33 Å². The lowest BCUT2D eigenvalue weighted by Crippen LogP contribution is -2.38. The number of rotatable bonds is 6. The van der Waals surface area contributed by atoms with Gasteiger partial charge in [0.1, 0.15) is 6.33 Å². The number of piperidine rings is 1. The fourth-order valence-corrected chi connectivity index (χ4v) is 2.41. The predicted octanol–water partition coefficient (Wildman–Crippen LogP) is 0.404. The Morgan fingerprint density at radius 2 is 2.24 bits per heavy atom. The Balaban J connectivity index is 2.11. The fourth-order valence-electron chi connectivity index (χ4n) is 2.41. The van der Waals surface area contributed by atoms with E-state index in [2.05, 4.69) is 15.3 Å². The number of ether oxygens (including phenoxy) is 1. The summed E-state index contributed by atoms with van der Waals surface area (Å²) in [5, 5.41) is 22.7. The van der Waals surface area contributed by atoms with Crippen LogP contribution >= 0.6 is 0 Å². The molecule has 2 N–H and O–H groups in total. The molecule has 0 unspecified atom stereocenters. The number of aromatic nitrogens is 2. The van der Waals surface area contributed by atoms with Crippen LogP contribution in [0.5, 0.6) is 0 Å². The van der Waals surface area contributed by atoms with Crippen molar-refractivity contribution in [3.63, 3.8) is 0 Å². The molecule has 2 heterocycles. The first-order chi connectivity index (χ1) is 10.2. The number of nitro groups is 1. The van der Waals surface area contributed by atoms with Gasteiger partial charge in [0, 0.05) is 20.1 Å². The quantitative estimate of drug-likeness (QED) is 0.573. The van der Waals surface area contributed by atoms with Crippen molar-refractivity contribution in [1.29, 1.82) is 0 Å². The molecule has 2 rings (SSSR count). The highest BCUT2D eigenvalue weighted by molar-refractivity contribution is 5.70. The molecule has 1 aromatic rings. The van der Waals surface area contributed by atoms with Gasteiger partial charge >= 0.3 is 5.69 Å². The molecule has 9 nitrogen and oxygen atoms in total. The lowest BCUT2D eigenvalue weighted by Gasteiger charge is -2.32. The Morgan fingerprint density at radius 1 is 1.52 bits per heavy atom. The van der Waals surface area contributed by atoms with Gasteiger partial charge in [-0.05, 0) is 12.8 Å². The molecular formula is C12H19N5O4. The number of hydrogen-bond donors (Lipinski definition) is 2. The maximum Gasteiger partial charge on any atom is 0.353 e. The van der Waals surface area contributed by atoms with Crippen LogP contribution in [0.4, 0.5) is 17.3 Å². The van der Waals surface area contributed by atoms with Gasteiger partial charge in [-0.1, -0.05) is 0 Å². The minimum atomic E-state index is -0.463. The van der Waals surface area contributed by atoms with E-state index in [-0.39, 0.29) is 24.2 Å². The number of nitrogens with one attached hydrogen (secondary N) is 1. The average molecular weight is 297 g/mol. The summed E-state index contributed by atoms with van der Waals surface area (Å²) in [6, 6.07) is 0. The third-order valence-corrected chi connectivity index (χ3v) is 3.41. The SMILES string of the molecule is CNc1ncnc(N2CCC(OCCO)CC2)c1[N+](=O)[O-]. The summed E-state index contributed by atoms with van der Waals surface area (Å²) in [4.78, 5) is 20.6. The molecule has 1 aromatic heterocycles. The molecule has 0 bridgehead atoms. The van der Waals surface area contributed by atoms with Crippen molar-refractivity contribution in [2.24, 2.45) is 0 Å². The molecule has 0 spiro atoms. The lowest BCUT2D eigenvalue weighted by atomic mass is 10.1. The third kappa shape index (κ3) is 3.56. The molecule has 21 heavy (non-hydrogen) atoms. The lowest BCUT2D eigenvalue weighted by molar-refractivity contribution is -0.383. The second-order valence-electron chi connectivity index (χ2n) is 4.68. The maximum atomic E-state index is 11.3. The van der Waals surface area contributed by atoms with Crippen LogP contribution in [0, 0.1) is 10.1 Å². The van der Waals surface area contributed by atoms with Crippen molar-refractivity contribution in [2.75, 3.05) is 43.6 Å². The van der Waals surface area contributed by atoms with Crippen molar-refractivity contribution in [3.05, 3.63) is 16.4 Å². The Kier molecular flexibility index (Phi) is 5.23. The Morgan fingerprint density at radius 3 is 2.81 bits per heavy atom. The Bertz CT molecular complexity index is 491. The van der Waals surface area contributed by atoms with Crippen LogP contribution in [-0.4, -0.2) is 59.5 Å². The summed E-state index contributed by atoms with van der Waals surface area (Å²) in [5.41, 5.74) is -0.102. The van der Waals surface area contributed by atoms with Crippen LogP contribution in [0.25, 0.3) is 0 Å². The van der Waals surface area contributed by atoms with E-state index in [1.165, 1.54) is 6.33 Å². The molecule has 0 aliphatic carbocycles. The molecule has 0 amide bonds. The first-order valence-corrected chi connectivity index (χ1v) is 6.82. The predicted molar refractivity (Wildman–Crippen MR) is 76.5 cm³/mol. The van der Waals surface area contributed by atoms with Crippen molar-refractivity contribution in [2.45, 2.75) is 18.9 Å². The molecule has 116 valence electrons. The molecule has 1 saturated heterocycles. The van der Waals surface area contributed by atoms with Gasteiger partial charge in [0.2, 0.25) is 11.6 Å². The van der Waals surface area contributed by atoms with E-state index in [0.29, 0.717) is 25.5 Å². The van der Waals surface area contributed by atoms with Crippen molar-refractivity contribution in [3.8, 4) is 0 Å². The Labute approximate surface area is 122 Å². The van der Waals surface area contributed by atoms with Gasteiger partial charge in [0.05, 0.1) is 24.2 Å². The van der Waals surface area contributed by atoms with Gasteiger partial charge in [-0.3, -0.25) is 10.1 Å². The highest BCUT2D eigenvalue weighted by Crippen LogP contribution is 2.33. The summed E-state index contributed by atoms with van der Waals surface area (Å²) in [5.74, 6) is 0.545. The summed E-state index contributed by atoms with van der Waals surface area (Å²) >= 11 is 0. The number of aliphatic hydroxyl groups excluding tert-OH is 1. The highest BCUT2D eigenvalue weighted by atomic mass is 16.6. The van der Waals surface area contributed by atoms with Crippen molar-refractivity contribution >= 4 is 17.3 Å². The molecule has 0 radical (unpaired) electrons. The van der Waals surface area contributed by atoms with Gasteiger partial charge in [-0.2, -0.15) is 0 Å². The molecule has 1 aliphatic rings. The number of nitrogens with zero attached hydrogens (tertiary/aromatic N) is 4. The van der Waals surface area contributed by atoms with Gasteiger partial charge in [-0.15, -0.1) is 0 Å². The van der Waals surface area contributed by atoms with Gasteiger partial charge in [0.15, 0.2) is 0 Å². The smallest absolute Gasteiger partial charge is 0.353 e. The van der Waals surface area contributed by atoms with Crippen LogP contribution in [0.3, 0.4) is 0 Å². The molecular weight excluding hydrogens is 278 g/mol. The number of hydrogen-bond acceptors (Lipinski definition) is 8. The van der Waals surface area contributed by atoms with E-state index < -0.39 is 4.92 Å². The molecule has 0 aromatic carbocycles. The number of anilines is 2. The third-order valence-electron chi connectivity index (χ3n) is 3.41. The first-order valence-electron chi connectivity index (χ1n) is 6.82. The van der Waals surface area contributed by atoms with Gasteiger partial charge < -0.3 is 20.1 Å². The largest absolute Gasteiger partial charge is 0.394 e. The summed E-state index contributed by atoms with van der Waals surface area (Å²) < 4.78 is 5.48. The summed E-state index contributed by atoms with van der Waals surface area (Å²) in [7, 11) is 1.59. The molecule has 0 saturated carbocycles. The monoisotopic (exact) mass is 297 g/mol. The van der Waals surface area contributed by atoms with Gasteiger partial charge in [-0.25, -0.2) is 9.97 Å². The zero-order chi connectivity index (χ0) is 15.2. The summed E-state index contributed by atoms with van der Waals surface area (Å²) in [6.07, 6.45) is 2.90. The summed E-state index contributed by atoms with van der Waals surface area (Å²) in [6.45, 7) is 1.57. The van der Waals surface area contributed by atoms with Crippen LogP contribution in [0.2, 0.25) is 0 Å². The highest BCUT2D eigenvalue weighted by Gasteiger charge is 2.29. The zero-order valence-corrected chi connectivity index (χ0v) is 11.9. The van der Waals surface area contributed by atoms with Crippen molar-refractivity contribution < 1.29 is 14.8 Å². The molecule has 9 heteroatoms. The molecule has 0 atom stereocenters. The van der Waals surface area contributed by atoms with E-state index in [1.54, 1.807) is 7.05 Å². The van der Waals surface area contributed by atoms with Gasteiger partial charge in [0.25, 0.3) is 0 Å². The van der Waals surface area contributed by atoms with E-state index in [0.717, 1.165) is 12.8 Å². The normalized spacial score (nSPS) is 16.0. The fraction of sp³-hybridized carbons (Fsp3) is 0.667. The second kappa shape index (κ2) is 7.14. The maximum absolute atomic E-state index is 11.3. The van der Waals surface area contributed by atoms with Crippen LogP contribution < -0.4 is 10.2 Å². The average Bonchev–Trinajstić information content (AvgIpc) is 2.52. The minimum absolute atomic E-state index is 0.00310. The van der Waals surface area contributed by atoms with E-state index in [9.17, 15) is 10.1 Å². The number of aliphatic hydroxyl groups is 1. The first kappa shape index (κ1) is 15.4.